The van der Waals surface area contributed by atoms with Crippen molar-refractivity contribution in [2.75, 3.05) is 25.0 Å². The highest BCUT2D eigenvalue weighted by atomic mass is 16.3. The molecule has 5 heteroatoms. The number of amides is 1. The van der Waals surface area contributed by atoms with Crippen LogP contribution in [-0.4, -0.2) is 35.7 Å². The number of carbonyl (C=O) groups excluding carboxylic acids is 1. The maximum absolute atomic E-state index is 11.6. The van der Waals surface area contributed by atoms with Crippen molar-refractivity contribution in [3.63, 3.8) is 0 Å². The van der Waals surface area contributed by atoms with E-state index in [0.29, 0.717) is 12.1 Å². The summed E-state index contributed by atoms with van der Waals surface area (Å²) in [4.78, 5) is 15.8. The molecule has 0 aromatic carbocycles. The van der Waals surface area contributed by atoms with Gasteiger partial charge in [-0.2, -0.15) is 0 Å². The molecule has 3 N–H and O–H groups in total. The number of nitrogens with one attached hydrogen (secondary N) is 2. The monoisotopic (exact) mass is 263 g/mol. The van der Waals surface area contributed by atoms with E-state index in [1.54, 1.807) is 12.3 Å². The largest absolute Gasteiger partial charge is 0.396 e. The van der Waals surface area contributed by atoms with Gasteiger partial charge < -0.3 is 15.7 Å². The molecule has 1 aliphatic rings. The van der Waals surface area contributed by atoms with Crippen LogP contribution in [0.5, 0.6) is 0 Å². The maximum atomic E-state index is 11.6. The number of aromatic nitrogens is 1. The van der Waals surface area contributed by atoms with E-state index < -0.39 is 0 Å². The van der Waals surface area contributed by atoms with Crippen molar-refractivity contribution < 1.29 is 9.90 Å². The second-order valence-corrected chi connectivity index (χ2v) is 5.12. The number of carbonyl (C=O) groups is 1. The molecule has 19 heavy (non-hydrogen) atoms. The Morgan fingerprint density at radius 2 is 2.26 bits per heavy atom. The average Bonchev–Trinajstić information content (AvgIpc) is 3.18. The van der Waals surface area contributed by atoms with Crippen LogP contribution >= 0.6 is 0 Å². The molecule has 1 aromatic rings. The van der Waals surface area contributed by atoms with Crippen LogP contribution < -0.4 is 10.6 Å². The van der Waals surface area contributed by atoms with Crippen LogP contribution in [0.25, 0.3) is 0 Å². The first-order chi connectivity index (χ1) is 9.19. The Balaban J connectivity index is 1.87. The standard InChI is InChI=1S/C14H21N3O2/c1-2-15-13(19)11-3-4-12(16-9-11)17-10-14(5-6-14)7-8-18/h3-4,9,18H,2,5-8,10H2,1H3,(H,15,19)(H,16,17). The lowest BCUT2D eigenvalue weighted by Gasteiger charge is -2.15. The number of aliphatic hydroxyl groups excluding tert-OH is 1. The minimum absolute atomic E-state index is 0.0968. The number of rotatable bonds is 7. The molecule has 1 aromatic heterocycles. The summed E-state index contributed by atoms with van der Waals surface area (Å²) in [5.74, 6) is 0.678. The molecule has 0 unspecified atom stereocenters. The van der Waals surface area contributed by atoms with E-state index in [1.807, 2.05) is 13.0 Å². The molecule has 1 amide bonds. The lowest BCUT2D eigenvalue weighted by Crippen LogP contribution is -2.23. The lowest BCUT2D eigenvalue weighted by molar-refractivity contribution is 0.0955. The minimum atomic E-state index is -0.0968. The van der Waals surface area contributed by atoms with Crippen molar-refractivity contribution >= 4 is 11.7 Å². The van der Waals surface area contributed by atoms with Crippen LogP contribution in [-0.2, 0) is 0 Å². The van der Waals surface area contributed by atoms with Gasteiger partial charge in [-0.3, -0.25) is 4.79 Å². The first-order valence-corrected chi connectivity index (χ1v) is 6.78. The van der Waals surface area contributed by atoms with E-state index in [9.17, 15) is 4.79 Å². The molecule has 2 rings (SSSR count). The van der Waals surface area contributed by atoms with E-state index in [1.165, 1.54) is 0 Å². The van der Waals surface area contributed by atoms with Crippen molar-refractivity contribution in [1.82, 2.24) is 10.3 Å². The molecule has 0 bridgehead atoms. The summed E-state index contributed by atoms with van der Waals surface area (Å²) in [6, 6.07) is 3.59. The van der Waals surface area contributed by atoms with Crippen molar-refractivity contribution in [2.24, 2.45) is 5.41 Å². The zero-order valence-electron chi connectivity index (χ0n) is 11.3. The van der Waals surface area contributed by atoms with Gasteiger partial charge in [0.15, 0.2) is 0 Å². The van der Waals surface area contributed by atoms with Crippen LogP contribution in [0.2, 0.25) is 0 Å². The lowest BCUT2D eigenvalue weighted by atomic mass is 10.0. The summed E-state index contributed by atoms with van der Waals surface area (Å²) < 4.78 is 0. The summed E-state index contributed by atoms with van der Waals surface area (Å²) >= 11 is 0. The van der Waals surface area contributed by atoms with E-state index in [4.69, 9.17) is 5.11 Å². The van der Waals surface area contributed by atoms with Gasteiger partial charge >= 0.3 is 0 Å². The van der Waals surface area contributed by atoms with Crippen molar-refractivity contribution in [1.29, 1.82) is 0 Å². The summed E-state index contributed by atoms with van der Waals surface area (Å²) in [6.07, 6.45) is 4.75. The molecule has 1 aliphatic carbocycles. The smallest absolute Gasteiger partial charge is 0.252 e. The van der Waals surface area contributed by atoms with Gasteiger partial charge in [0.05, 0.1) is 5.56 Å². The number of anilines is 1. The molecule has 5 nitrogen and oxygen atoms in total. The SMILES string of the molecule is CCNC(=O)c1ccc(NCC2(CCO)CC2)nc1. The number of hydrogen-bond donors (Lipinski definition) is 3. The Morgan fingerprint density at radius 3 is 2.79 bits per heavy atom. The van der Waals surface area contributed by atoms with Gasteiger partial charge in [0.25, 0.3) is 5.91 Å². The number of pyridine rings is 1. The predicted octanol–water partition coefficient (Wildman–Crippen LogP) is 1.41. The van der Waals surface area contributed by atoms with Gasteiger partial charge in [-0.05, 0) is 43.7 Å². The van der Waals surface area contributed by atoms with Gasteiger partial charge in [0.1, 0.15) is 5.82 Å². The number of hydrogen-bond acceptors (Lipinski definition) is 4. The average molecular weight is 263 g/mol. The Hall–Kier alpha value is -1.62. The molecule has 1 heterocycles. The highest BCUT2D eigenvalue weighted by Gasteiger charge is 2.41. The minimum Gasteiger partial charge on any atom is -0.396 e. The van der Waals surface area contributed by atoms with Crippen LogP contribution in [0.3, 0.4) is 0 Å². The zero-order valence-corrected chi connectivity index (χ0v) is 11.3. The van der Waals surface area contributed by atoms with Crippen molar-refractivity contribution in [3.8, 4) is 0 Å². The van der Waals surface area contributed by atoms with Crippen LogP contribution in [0, 0.1) is 5.41 Å². The molecular weight excluding hydrogens is 242 g/mol. The Kier molecular flexibility index (Phi) is 4.37. The van der Waals surface area contributed by atoms with Gasteiger partial charge in [0, 0.05) is 25.9 Å². The Labute approximate surface area is 113 Å². The fraction of sp³-hybridized carbons (Fsp3) is 0.571. The molecule has 0 spiro atoms. The summed E-state index contributed by atoms with van der Waals surface area (Å²) in [5, 5.41) is 15.0. The van der Waals surface area contributed by atoms with Crippen molar-refractivity contribution in [3.05, 3.63) is 23.9 Å². The highest BCUT2D eigenvalue weighted by Crippen LogP contribution is 2.48. The fourth-order valence-corrected chi connectivity index (χ4v) is 2.10. The summed E-state index contributed by atoms with van der Waals surface area (Å²) in [5.41, 5.74) is 0.832. The number of aliphatic hydroxyl groups is 1. The van der Waals surface area contributed by atoms with Crippen LogP contribution in [0.1, 0.15) is 36.5 Å². The molecule has 1 saturated carbocycles. The fourth-order valence-electron chi connectivity index (χ4n) is 2.10. The predicted molar refractivity (Wildman–Crippen MR) is 74.1 cm³/mol. The molecule has 1 fully saturated rings. The third kappa shape index (κ3) is 3.67. The van der Waals surface area contributed by atoms with Crippen LogP contribution in [0.15, 0.2) is 18.3 Å². The van der Waals surface area contributed by atoms with E-state index in [0.717, 1.165) is 31.6 Å². The Morgan fingerprint density at radius 1 is 1.47 bits per heavy atom. The third-order valence-electron chi connectivity index (χ3n) is 3.61. The van der Waals surface area contributed by atoms with E-state index in [-0.39, 0.29) is 17.9 Å². The first kappa shape index (κ1) is 13.8. The zero-order chi connectivity index (χ0) is 13.7. The highest BCUT2D eigenvalue weighted by molar-refractivity contribution is 5.93. The third-order valence-corrected chi connectivity index (χ3v) is 3.61. The normalized spacial score (nSPS) is 15.9. The number of nitrogens with zero attached hydrogens (tertiary/aromatic N) is 1. The van der Waals surface area contributed by atoms with Gasteiger partial charge in [0.2, 0.25) is 0 Å². The molecule has 0 aliphatic heterocycles. The van der Waals surface area contributed by atoms with Crippen LogP contribution in [0.4, 0.5) is 5.82 Å². The second kappa shape index (κ2) is 6.02. The van der Waals surface area contributed by atoms with Gasteiger partial charge in [-0.25, -0.2) is 4.98 Å². The first-order valence-electron chi connectivity index (χ1n) is 6.78. The quantitative estimate of drug-likeness (QED) is 0.695. The topological polar surface area (TPSA) is 74.2 Å². The summed E-state index contributed by atoms with van der Waals surface area (Å²) in [7, 11) is 0. The van der Waals surface area contributed by atoms with Crippen molar-refractivity contribution in [2.45, 2.75) is 26.2 Å². The molecule has 0 radical (unpaired) electrons. The molecule has 0 atom stereocenters. The molecule has 104 valence electrons. The maximum Gasteiger partial charge on any atom is 0.252 e. The molecular formula is C14H21N3O2. The Bertz CT molecular complexity index is 427. The van der Waals surface area contributed by atoms with Gasteiger partial charge in [-0.1, -0.05) is 0 Å². The van der Waals surface area contributed by atoms with E-state index in [2.05, 4.69) is 15.6 Å². The molecule has 0 saturated heterocycles. The summed E-state index contributed by atoms with van der Waals surface area (Å²) in [6.45, 7) is 3.58. The van der Waals surface area contributed by atoms with Gasteiger partial charge in [-0.15, -0.1) is 0 Å². The second-order valence-electron chi connectivity index (χ2n) is 5.12. The van der Waals surface area contributed by atoms with E-state index >= 15 is 0 Å².